The monoisotopic (exact) mass is 181 g/mol. The summed E-state index contributed by atoms with van der Waals surface area (Å²) in [5.74, 6) is -2.20. The fourth-order valence-electron chi connectivity index (χ4n) is 0.982. The van der Waals surface area contributed by atoms with E-state index >= 15 is 0 Å². The molecule has 1 rings (SSSR count). The predicted molar refractivity (Wildman–Crippen MR) is 42.9 cm³/mol. The Morgan fingerprint density at radius 2 is 2.00 bits per heavy atom. The molecule has 0 radical (unpaired) electrons. The van der Waals surface area contributed by atoms with E-state index in [0.29, 0.717) is 0 Å². The molecule has 0 unspecified atom stereocenters. The normalized spacial score (nSPS) is 9.62. The molecule has 0 fully saturated rings. The Balaban J connectivity index is 3.43. The lowest BCUT2D eigenvalue weighted by atomic mass is 10.1. The molecule has 1 aromatic rings. The standard InChI is InChI=1S/C8H7NO4/c1-4(10)7-5(8(12)13)2-9-3-6(7)11/h2-3,11H,1H3,(H,12,13). The van der Waals surface area contributed by atoms with E-state index in [1.54, 1.807) is 0 Å². The number of carboxylic acids is 1. The van der Waals surface area contributed by atoms with Crippen LogP contribution in [0.5, 0.6) is 5.75 Å². The zero-order valence-corrected chi connectivity index (χ0v) is 6.81. The second-order valence-corrected chi connectivity index (χ2v) is 2.44. The number of carbonyl (C=O) groups is 2. The van der Waals surface area contributed by atoms with Crippen LogP contribution in [0.3, 0.4) is 0 Å². The van der Waals surface area contributed by atoms with Gasteiger partial charge in [-0.15, -0.1) is 0 Å². The van der Waals surface area contributed by atoms with Crippen molar-refractivity contribution in [1.29, 1.82) is 0 Å². The number of hydrogen-bond donors (Lipinski definition) is 2. The number of aromatic hydroxyl groups is 1. The maximum atomic E-state index is 10.9. The summed E-state index contributed by atoms with van der Waals surface area (Å²) in [7, 11) is 0. The van der Waals surface area contributed by atoms with Crippen molar-refractivity contribution in [2.75, 3.05) is 0 Å². The van der Waals surface area contributed by atoms with E-state index in [2.05, 4.69) is 4.98 Å². The topological polar surface area (TPSA) is 87.5 Å². The highest BCUT2D eigenvalue weighted by molar-refractivity contribution is 6.06. The maximum Gasteiger partial charge on any atom is 0.338 e. The first-order valence-corrected chi connectivity index (χ1v) is 3.45. The summed E-state index contributed by atoms with van der Waals surface area (Å²) < 4.78 is 0. The van der Waals surface area contributed by atoms with E-state index < -0.39 is 17.5 Å². The molecule has 0 spiro atoms. The van der Waals surface area contributed by atoms with Crippen LogP contribution in [-0.2, 0) is 0 Å². The Hall–Kier alpha value is -1.91. The Morgan fingerprint density at radius 1 is 1.38 bits per heavy atom. The molecule has 2 N–H and O–H groups in total. The highest BCUT2D eigenvalue weighted by Crippen LogP contribution is 2.19. The van der Waals surface area contributed by atoms with E-state index in [-0.39, 0.29) is 11.1 Å². The van der Waals surface area contributed by atoms with Gasteiger partial charge in [-0.25, -0.2) is 4.79 Å². The number of carboxylic acid groups (broad SMARTS) is 1. The van der Waals surface area contributed by atoms with Crippen LogP contribution in [0, 0.1) is 0 Å². The van der Waals surface area contributed by atoms with Crippen molar-refractivity contribution in [1.82, 2.24) is 4.98 Å². The number of rotatable bonds is 2. The molecule has 5 heteroatoms. The first kappa shape index (κ1) is 9.18. The van der Waals surface area contributed by atoms with E-state index in [4.69, 9.17) is 10.2 Å². The third-order valence-electron chi connectivity index (χ3n) is 1.51. The number of Topliss-reactive ketones (excluding diaryl/α,β-unsaturated/α-hetero) is 1. The van der Waals surface area contributed by atoms with E-state index in [0.717, 1.165) is 12.4 Å². The van der Waals surface area contributed by atoms with Gasteiger partial charge in [-0.1, -0.05) is 0 Å². The van der Waals surface area contributed by atoms with Gasteiger partial charge in [0.25, 0.3) is 0 Å². The maximum absolute atomic E-state index is 10.9. The molecule has 0 saturated carbocycles. The Morgan fingerprint density at radius 3 is 2.38 bits per heavy atom. The van der Waals surface area contributed by atoms with Gasteiger partial charge in [0, 0.05) is 6.20 Å². The fraction of sp³-hybridized carbons (Fsp3) is 0.125. The van der Waals surface area contributed by atoms with Gasteiger partial charge in [-0.3, -0.25) is 9.78 Å². The van der Waals surface area contributed by atoms with Crippen LogP contribution in [0.25, 0.3) is 0 Å². The average molecular weight is 181 g/mol. The summed E-state index contributed by atoms with van der Waals surface area (Å²) in [6.45, 7) is 1.18. The largest absolute Gasteiger partial charge is 0.506 e. The van der Waals surface area contributed by atoms with Crippen molar-refractivity contribution in [2.24, 2.45) is 0 Å². The van der Waals surface area contributed by atoms with Gasteiger partial charge in [-0.2, -0.15) is 0 Å². The number of pyridine rings is 1. The van der Waals surface area contributed by atoms with E-state index in [1.165, 1.54) is 6.92 Å². The number of ketones is 1. The van der Waals surface area contributed by atoms with Crippen molar-refractivity contribution in [3.05, 3.63) is 23.5 Å². The SMILES string of the molecule is CC(=O)c1c(O)cncc1C(=O)O. The van der Waals surface area contributed by atoms with Gasteiger partial charge >= 0.3 is 5.97 Å². The minimum Gasteiger partial charge on any atom is -0.506 e. The van der Waals surface area contributed by atoms with E-state index in [1.807, 2.05) is 0 Å². The summed E-state index contributed by atoms with van der Waals surface area (Å²) in [6.07, 6.45) is 2.06. The quantitative estimate of drug-likeness (QED) is 0.655. The Labute approximate surface area is 73.7 Å². The van der Waals surface area contributed by atoms with Crippen molar-refractivity contribution in [2.45, 2.75) is 6.92 Å². The van der Waals surface area contributed by atoms with Gasteiger partial charge < -0.3 is 10.2 Å². The van der Waals surface area contributed by atoms with Crippen molar-refractivity contribution in [3.8, 4) is 5.75 Å². The second-order valence-electron chi connectivity index (χ2n) is 2.44. The number of aromatic carboxylic acids is 1. The summed E-state index contributed by atoms with van der Waals surface area (Å²) in [6, 6.07) is 0. The van der Waals surface area contributed by atoms with Crippen LogP contribution in [0.1, 0.15) is 27.6 Å². The molecule has 0 amide bonds. The molecular weight excluding hydrogens is 174 g/mol. The third-order valence-corrected chi connectivity index (χ3v) is 1.51. The molecule has 13 heavy (non-hydrogen) atoms. The minimum absolute atomic E-state index is 0.206. The fourth-order valence-corrected chi connectivity index (χ4v) is 0.982. The molecule has 0 bridgehead atoms. The Kier molecular flexibility index (Phi) is 2.27. The zero-order valence-electron chi connectivity index (χ0n) is 6.81. The van der Waals surface area contributed by atoms with Crippen LogP contribution in [0.4, 0.5) is 0 Å². The van der Waals surface area contributed by atoms with Crippen LogP contribution in [-0.4, -0.2) is 26.9 Å². The molecule has 68 valence electrons. The van der Waals surface area contributed by atoms with Gasteiger partial charge in [-0.05, 0) is 6.92 Å². The van der Waals surface area contributed by atoms with Gasteiger partial charge in [0.2, 0.25) is 0 Å². The lowest BCUT2D eigenvalue weighted by Crippen LogP contribution is -2.06. The van der Waals surface area contributed by atoms with Crippen LogP contribution in [0.2, 0.25) is 0 Å². The number of nitrogens with zero attached hydrogens (tertiary/aromatic N) is 1. The van der Waals surface area contributed by atoms with Gasteiger partial charge in [0.15, 0.2) is 5.78 Å². The number of hydrogen-bond acceptors (Lipinski definition) is 4. The lowest BCUT2D eigenvalue weighted by Gasteiger charge is -2.02. The summed E-state index contributed by atoms with van der Waals surface area (Å²) in [5.41, 5.74) is -0.491. The molecule has 0 atom stereocenters. The van der Waals surface area contributed by atoms with Crippen molar-refractivity contribution >= 4 is 11.8 Å². The summed E-state index contributed by atoms with van der Waals surface area (Å²) in [5, 5.41) is 17.8. The molecule has 0 aromatic carbocycles. The van der Waals surface area contributed by atoms with Crippen molar-refractivity contribution in [3.63, 3.8) is 0 Å². The smallest absolute Gasteiger partial charge is 0.338 e. The average Bonchev–Trinajstić information content (AvgIpc) is 2.02. The van der Waals surface area contributed by atoms with Crippen LogP contribution < -0.4 is 0 Å². The summed E-state index contributed by atoms with van der Waals surface area (Å²) in [4.78, 5) is 25.0. The molecular formula is C8H7NO4. The summed E-state index contributed by atoms with van der Waals surface area (Å²) >= 11 is 0. The first-order valence-electron chi connectivity index (χ1n) is 3.45. The minimum atomic E-state index is -1.28. The highest BCUT2D eigenvalue weighted by Gasteiger charge is 2.17. The molecule has 0 aliphatic heterocycles. The van der Waals surface area contributed by atoms with Crippen LogP contribution in [0.15, 0.2) is 12.4 Å². The highest BCUT2D eigenvalue weighted by atomic mass is 16.4. The number of aromatic nitrogens is 1. The molecule has 0 aliphatic carbocycles. The molecule has 1 aromatic heterocycles. The Bertz CT molecular complexity index is 372. The van der Waals surface area contributed by atoms with Crippen molar-refractivity contribution < 1.29 is 19.8 Å². The first-order chi connectivity index (χ1) is 6.04. The van der Waals surface area contributed by atoms with E-state index in [9.17, 15) is 9.59 Å². The van der Waals surface area contributed by atoms with Crippen LogP contribution >= 0.6 is 0 Å². The molecule has 0 saturated heterocycles. The molecule has 0 aliphatic rings. The predicted octanol–water partition coefficient (Wildman–Crippen LogP) is 0.688. The zero-order chi connectivity index (χ0) is 10.0. The van der Waals surface area contributed by atoms with Gasteiger partial charge in [0.05, 0.1) is 17.3 Å². The molecule has 5 nitrogen and oxygen atoms in total. The third kappa shape index (κ3) is 1.64. The lowest BCUT2D eigenvalue weighted by molar-refractivity contribution is 0.0691. The molecule has 1 heterocycles. The van der Waals surface area contributed by atoms with Gasteiger partial charge in [0.1, 0.15) is 5.75 Å². The second kappa shape index (κ2) is 3.22. The number of carbonyl (C=O) groups excluding carboxylic acids is 1.